The number of hydrogen-bond donors (Lipinski definition) is 0. The molecule has 18 heavy (non-hydrogen) atoms. The van der Waals surface area contributed by atoms with Crippen LogP contribution < -0.4 is 0 Å². The summed E-state index contributed by atoms with van der Waals surface area (Å²) >= 11 is 5.56. The number of benzene rings is 1. The Morgan fingerprint density at radius 1 is 1.50 bits per heavy atom. The van der Waals surface area contributed by atoms with Gasteiger partial charge in [-0.15, -0.1) is 0 Å². The Labute approximate surface area is 130 Å². The minimum absolute atomic E-state index is 0.0213. The molecular formula is C13H17BrINO2. The smallest absolute Gasteiger partial charge is 0.254 e. The van der Waals surface area contributed by atoms with E-state index in [0.29, 0.717) is 13.2 Å². The van der Waals surface area contributed by atoms with Crippen LogP contribution in [0.3, 0.4) is 0 Å². The predicted octanol–water partition coefficient (Wildman–Crippen LogP) is 3.55. The molecule has 0 atom stereocenters. The highest BCUT2D eigenvalue weighted by atomic mass is 127. The van der Waals surface area contributed by atoms with Crippen molar-refractivity contribution in [3.05, 3.63) is 31.8 Å². The van der Waals surface area contributed by atoms with Crippen LogP contribution in [0.4, 0.5) is 0 Å². The number of ether oxygens (including phenoxy) is 1. The van der Waals surface area contributed by atoms with E-state index in [4.69, 9.17) is 4.74 Å². The maximum Gasteiger partial charge on any atom is 0.254 e. The molecule has 0 unspecified atom stereocenters. The lowest BCUT2D eigenvalue weighted by Crippen LogP contribution is -2.31. The number of nitrogens with zero attached hydrogens (tertiary/aromatic N) is 1. The van der Waals surface area contributed by atoms with E-state index in [1.807, 2.05) is 32.0 Å². The third-order valence-electron chi connectivity index (χ3n) is 2.38. The molecule has 1 amide bonds. The summed E-state index contributed by atoms with van der Waals surface area (Å²) < 4.78 is 7.32. The van der Waals surface area contributed by atoms with Gasteiger partial charge in [0.05, 0.1) is 18.3 Å². The molecule has 0 heterocycles. The van der Waals surface area contributed by atoms with Gasteiger partial charge in [0.25, 0.3) is 5.91 Å². The summed E-state index contributed by atoms with van der Waals surface area (Å²) in [5.41, 5.74) is 0.719. The number of rotatable bonds is 5. The average Bonchev–Trinajstić information content (AvgIpc) is 2.30. The fraction of sp³-hybridized carbons (Fsp3) is 0.462. The summed E-state index contributed by atoms with van der Waals surface area (Å²) in [5, 5.41) is 0. The normalized spacial score (nSPS) is 10.8. The number of likely N-dealkylation sites (N-methyl/N-ethyl adjacent to an activating group) is 1. The summed E-state index contributed by atoms with van der Waals surface area (Å²) in [6.07, 6.45) is 0.194. The van der Waals surface area contributed by atoms with Crippen molar-refractivity contribution in [3.8, 4) is 0 Å². The lowest BCUT2D eigenvalue weighted by molar-refractivity contribution is 0.0531. The van der Waals surface area contributed by atoms with Crippen LogP contribution in [-0.4, -0.2) is 37.1 Å². The Balaban J connectivity index is 2.65. The third-order valence-corrected chi connectivity index (χ3v) is 3.82. The van der Waals surface area contributed by atoms with Crippen LogP contribution in [0.25, 0.3) is 0 Å². The van der Waals surface area contributed by atoms with Crippen molar-refractivity contribution in [1.29, 1.82) is 0 Å². The molecule has 0 saturated carbocycles. The first-order valence-electron chi connectivity index (χ1n) is 5.74. The second-order valence-corrected chi connectivity index (χ2v) is 6.35. The van der Waals surface area contributed by atoms with Gasteiger partial charge in [0, 0.05) is 21.6 Å². The summed E-state index contributed by atoms with van der Waals surface area (Å²) in [7, 11) is 1.79. The van der Waals surface area contributed by atoms with Crippen molar-refractivity contribution in [2.75, 3.05) is 20.2 Å². The third kappa shape index (κ3) is 4.85. The number of hydrogen-bond acceptors (Lipinski definition) is 2. The predicted molar refractivity (Wildman–Crippen MR) is 84.9 cm³/mol. The van der Waals surface area contributed by atoms with E-state index in [1.54, 1.807) is 11.9 Å². The summed E-state index contributed by atoms with van der Waals surface area (Å²) in [6.45, 7) is 5.13. The van der Waals surface area contributed by atoms with Crippen LogP contribution in [0.2, 0.25) is 0 Å². The number of halogens is 2. The van der Waals surface area contributed by atoms with Gasteiger partial charge in [-0.3, -0.25) is 4.79 Å². The highest BCUT2D eigenvalue weighted by Gasteiger charge is 2.15. The van der Waals surface area contributed by atoms with Crippen LogP contribution in [0.1, 0.15) is 24.2 Å². The molecule has 5 heteroatoms. The largest absolute Gasteiger partial charge is 0.377 e. The zero-order valence-electron chi connectivity index (χ0n) is 10.7. The molecule has 1 aromatic rings. The molecule has 0 radical (unpaired) electrons. The molecule has 100 valence electrons. The van der Waals surface area contributed by atoms with Gasteiger partial charge in [0.2, 0.25) is 0 Å². The Kier molecular flexibility index (Phi) is 6.59. The van der Waals surface area contributed by atoms with Crippen LogP contribution in [0.5, 0.6) is 0 Å². The standard InChI is InChI=1S/C13H17BrINO2/c1-9(2)18-7-6-16(3)13(17)11-8-10(14)4-5-12(11)15/h4-5,8-9H,6-7H2,1-3H3. The van der Waals surface area contributed by atoms with E-state index >= 15 is 0 Å². The van der Waals surface area contributed by atoms with Crippen LogP contribution in [0.15, 0.2) is 22.7 Å². The first-order valence-corrected chi connectivity index (χ1v) is 7.61. The summed E-state index contributed by atoms with van der Waals surface area (Å²) in [4.78, 5) is 13.9. The van der Waals surface area contributed by atoms with Crippen LogP contribution >= 0.6 is 38.5 Å². The molecule has 0 spiro atoms. The molecule has 0 fully saturated rings. The Bertz CT molecular complexity index is 423. The van der Waals surface area contributed by atoms with E-state index in [-0.39, 0.29) is 12.0 Å². The first-order chi connectivity index (χ1) is 8.41. The van der Waals surface area contributed by atoms with Crippen molar-refractivity contribution >= 4 is 44.4 Å². The fourth-order valence-corrected chi connectivity index (χ4v) is 2.32. The Hall–Kier alpha value is -0.140. The maximum absolute atomic E-state index is 12.2. The molecule has 0 N–H and O–H groups in total. The van der Waals surface area contributed by atoms with Gasteiger partial charge < -0.3 is 9.64 Å². The summed E-state index contributed by atoms with van der Waals surface area (Å²) in [5.74, 6) is 0.0213. The van der Waals surface area contributed by atoms with Crippen LogP contribution in [0, 0.1) is 3.57 Å². The van der Waals surface area contributed by atoms with E-state index in [2.05, 4.69) is 38.5 Å². The lowest BCUT2D eigenvalue weighted by Gasteiger charge is -2.19. The fourth-order valence-electron chi connectivity index (χ4n) is 1.39. The first kappa shape index (κ1) is 15.9. The zero-order chi connectivity index (χ0) is 13.7. The van der Waals surface area contributed by atoms with Crippen molar-refractivity contribution in [3.63, 3.8) is 0 Å². The summed E-state index contributed by atoms with van der Waals surface area (Å²) in [6, 6.07) is 5.71. The van der Waals surface area contributed by atoms with Crippen molar-refractivity contribution in [2.45, 2.75) is 20.0 Å². The lowest BCUT2D eigenvalue weighted by atomic mass is 10.2. The molecule has 0 aromatic heterocycles. The monoisotopic (exact) mass is 425 g/mol. The molecule has 1 aromatic carbocycles. The molecule has 0 aliphatic rings. The molecule has 0 aliphatic heterocycles. The zero-order valence-corrected chi connectivity index (χ0v) is 14.5. The maximum atomic E-state index is 12.2. The second-order valence-electron chi connectivity index (χ2n) is 4.27. The van der Waals surface area contributed by atoms with Crippen LogP contribution in [-0.2, 0) is 4.74 Å². The highest BCUT2D eigenvalue weighted by molar-refractivity contribution is 14.1. The Morgan fingerprint density at radius 2 is 2.17 bits per heavy atom. The quantitative estimate of drug-likeness (QED) is 0.675. The van der Waals surface area contributed by atoms with Gasteiger partial charge in [-0.05, 0) is 54.6 Å². The number of carbonyl (C=O) groups is 1. The SMILES string of the molecule is CC(C)OCCN(C)C(=O)c1cc(Br)ccc1I. The van der Waals surface area contributed by atoms with E-state index < -0.39 is 0 Å². The molecule has 0 aliphatic carbocycles. The van der Waals surface area contributed by atoms with Crippen molar-refractivity contribution < 1.29 is 9.53 Å². The molecule has 1 rings (SSSR count). The molecule has 0 bridgehead atoms. The number of amides is 1. The van der Waals surface area contributed by atoms with Gasteiger partial charge in [-0.1, -0.05) is 15.9 Å². The van der Waals surface area contributed by atoms with Gasteiger partial charge in [0.1, 0.15) is 0 Å². The second kappa shape index (κ2) is 7.45. The highest BCUT2D eigenvalue weighted by Crippen LogP contribution is 2.19. The van der Waals surface area contributed by atoms with E-state index in [1.165, 1.54) is 0 Å². The van der Waals surface area contributed by atoms with Gasteiger partial charge in [0.15, 0.2) is 0 Å². The number of carbonyl (C=O) groups excluding carboxylic acids is 1. The van der Waals surface area contributed by atoms with Gasteiger partial charge in [-0.2, -0.15) is 0 Å². The van der Waals surface area contributed by atoms with Crippen molar-refractivity contribution in [2.24, 2.45) is 0 Å². The van der Waals surface area contributed by atoms with E-state index in [0.717, 1.165) is 13.6 Å². The van der Waals surface area contributed by atoms with E-state index in [9.17, 15) is 4.79 Å². The van der Waals surface area contributed by atoms with Crippen molar-refractivity contribution in [1.82, 2.24) is 4.90 Å². The van der Waals surface area contributed by atoms with Gasteiger partial charge in [-0.25, -0.2) is 0 Å². The minimum atomic E-state index is 0.0213. The molecular weight excluding hydrogens is 409 g/mol. The molecule has 3 nitrogen and oxygen atoms in total. The topological polar surface area (TPSA) is 29.5 Å². The van der Waals surface area contributed by atoms with Gasteiger partial charge >= 0.3 is 0 Å². The molecule has 0 saturated heterocycles. The minimum Gasteiger partial charge on any atom is -0.377 e. The average molecular weight is 426 g/mol. The Morgan fingerprint density at radius 3 is 2.78 bits per heavy atom.